The summed E-state index contributed by atoms with van der Waals surface area (Å²) in [5.74, 6) is 1.93. The van der Waals surface area contributed by atoms with E-state index in [1.54, 1.807) is 30.2 Å². The molecule has 1 unspecified atom stereocenters. The maximum Gasteiger partial charge on any atom is 0.217 e. The Kier molecular flexibility index (Phi) is 7.21. The summed E-state index contributed by atoms with van der Waals surface area (Å²) in [6.07, 6.45) is 2.98. The fourth-order valence-electron chi connectivity index (χ4n) is 3.42. The predicted octanol–water partition coefficient (Wildman–Crippen LogP) is 3.30. The number of ether oxygens (including phenoxy) is 2. The van der Waals surface area contributed by atoms with Gasteiger partial charge in [0.15, 0.2) is 5.16 Å². The highest BCUT2D eigenvalue weighted by Gasteiger charge is 2.21. The van der Waals surface area contributed by atoms with Crippen molar-refractivity contribution >= 4 is 29.0 Å². The molecule has 3 heterocycles. The number of aryl methyl sites for hydroxylation is 1. The summed E-state index contributed by atoms with van der Waals surface area (Å²) in [6, 6.07) is 7.90. The van der Waals surface area contributed by atoms with E-state index in [2.05, 4.69) is 20.1 Å². The molecule has 0 spiro atoms. The van der Waals surface area contributed by atoms with Crippen LogP contribution in [0.5, 0.6) is 5.75 Å². The molecule has 3 aromatic rings. The smallest absolute Gasteiger partial charge is 0.217 e. The molecule has 10 heteroatoms. The molecule has 1 aliphatic heterocycles. The van der Waals surface area contributed by atoms with Crippen molar-refractivity contribution in [3.05, 3.63) is 41.2 Å². The molecule has 1 aromatic carbocycles. The fourth-order valence-corrected chi connectivity index (χ4v) is 5.20. The van der Waals surface area contributed by atoms with Gasteiger partial charge in [-0.2, -0.15) is 0 Å². The number of primary amides is 1. The van der Waals surface area contributed by atoms with Crippen LogP contribution >= 0.6 is 23.1 Å². The number of hydrogen-bond donors (Lipinski definition) is 1. The molecular formula is C21H25N5O3S2. The summed E-state index contributed by atoms with van der Waals surface area (Å²) in [6.45, 7) is 1.48. The first kappa shape index (κ1) is 21.8. The van der Waals surface area contributed by atoms with Gasteiger partial charge >= 0.3 is 0 Å². The summed E-state index contributed by atoms with van der Waals surface area (Å²) < 4.78 is 13.2. The van der Waals surface area contributed by atoms with Crippen LogP contribution in [0, 0.1) is 0 Å². The van der Waals surface area contributed by atoms with Crippen molar-refractivity contribution in [1.82, 2.24) is 19.7 Å². The topological polar surface area (TPSA) is 105 Å². The molecule has 0 saturated carbocycles. The minimum atomic E-state index is -0.339. The summed E-state index contributed by atoms with van der Waals surface area (Å²) in [4.78, 5) is 16.0. The Bertz CT molecular complexity index is 1030. The van der Waals surface area contributed by atoms with Crippen LogP contribution in [0.2, 0.25) is 0 Å². The van der Waals surface area contributed by atoms with Crippen LogP contribution in [0.1, 0.15) is 30.8 Å². The van der Waals surface area contributed by atoms with Gasteiger partial charge in [0.2, 0.25) is 5.91 Å². The van der Waals surface area contributed by atoms with Gasteiger partial charge in [-0.3, -0.25) is 4.79 Å². The Labute approximate surface area is 189 Å². The first-order chi connectivity index (χ1) is 15.1. The van der Waals surface area contributed by atoms with E-state index in [1.165, 1.54) is 0 Å². The van der Waals surface area contributed by atoms with E-state index < -0.39 is 0 Å². The second kappa shape index (κ2) is 10.3. The van der Waals surface area contributed by atoms with Crippen LogP contribution in [0.4, 0.5) is 0 Å². The molecule has 0 bridgehead atoms. The van der Waals surface area contributed by atoms with Crippen LogP contribution in [-0.2, 0) is 28.2 Å². The Morgan fingerprint density at radius 2 is 2.32 bits per heavy atom. The molecular weight excluding hydrogens is 434 g/mol. The summed E-state index contributed by atoms with van der Waals surface area (Å²) >= 11 is 3.20. The van der Waals surface area contributed by atoms with Crippen molar-refractivity contribution in [2.24, 2.45) is 5.73 Å². The maximum atomic E-state index is 11.2. The number of thiazole rings is 1. The average Bonchev–Trinajstić information content (AvgIpc) is 3.53. The summed E-state index contributed by atoms with van der Waals surface area (Å²) in [5, 5.41) is 12.5. The maximum absolute atomic E-state index is 11.2. The number of nitrogens with two attached hydrogens (primary N) is 1. The van der Waals surface area contributed by atoms with Gasteiger partial charge in [0.1, 0.15) is 16.6 Å². The van der Waals surface area contributed by atoms with Crippen molar-refractivity contribution in [3.8, 4) is 16.3 Å². The van der Waals surface area contributed by atoms with E-state index in [4.69, 9.17) is 20.2 Å². The van der Waals surface area contributed by atoms with Gasteiger partial charge in [0.05, 0.1) is 25.5 Å². The number of nitrogens with zero attached hydrogens (tertiary/aromatic N) is 4. The predicted molar refractivity (Wildman–Crippen MR) is 120 cm³/mol. The molecule has 31 heavy (non-hydrogen) atoms. The highest BCUT2D eigenvalue weighted by Crippen LogP contribution is 2.30. The SMILES string of the molecule is COc1cccc(-c2nc(CSc3nnc(CCC(N)=O)n3CC3CCCO3)cs2)c1. The van der Waals surface area contributed by atoms with E-state index in [9.17, 15) is 4.79 Å². The lowest BCUT2D eigenvalue weighted by Crippen LogP contribution is -2.19. The molecule has 0 aliphatic carbocycles. The number of thioether (sulfide) groups is 1. The van der Waals surface area contributed by atoms with Crippen LogP contribution in [-0.4, -0.2) is 45.5 Å². The van der Waals surface area contributed by atoms with Crippen molar-refractivity contribution in [2.75, 3.05) is 13.7 Å². The first-order valence-electron chi connectivity index (χ1n) is 10.2. The van der Waals surface area contributed by atoms with E-state index in [0.717, 1.165) is 52.4 Å². The zero-order valence-electron chi connectivity index (χ0n) is 17.3. The second-order valence-corrected chi connectivity index (χ2v) is 9.08. The van der Waals surface area contributed by atoms with Gasteiger partial charge < -0.3 is 19.8 Å². The molecule has 2 aromatic heterocycles. The number of hydrogen-bond acceptors (Lipinski definition) is 8. The van der Waals surface area contributed by atoms with Crippen LogP contribution < -0.4 is 10.5 Å². The zero-order valence-corrected chi connectivity index (χ0v) is 19.0. The fraction of sp³-hybridized carbons (Fsp3) is 0.429. The van der Waals surface area contributed by atoms with E-state index in [1.807, 2.05) is 24.3 Å². The Morgan fingerprint density at radius 1 is 1.42 bits per heavy atom. The minimum absolute atomic E-state index is 0.154. The summed E-state index contributed by atoms with van der Waals surface area (Å²) in [7, 11) is 1.66. The largest absolute Gasteiger partial charge is 0.497 e. The highest BCUT2D eigenvalue weighted by atomic mass is 32.2. The number of methoxy groups -OCH3 is 1. The van der Waals surface area contributed by atoms with Gasteiger partial charge in [-0.05, 0) is 25.0 Å². The lowest BCUT2D eigenvalue weighted by molar-refractivity contribution is -0.118. The molecule has 2 N–H and O–H groups in total. The average molecular weight is 460 g/mol. The number of rotatable bonds is 10. The van der Waals surface area contributed by atoms with Crippen molar-refractivity contribution in [2.45, 2.75) is 49.2 Å². The number of benzene rings is 1. The number of carbonyl (C=O) groups is 1. The molecule has 1 fully saturated rings. The van der Waals surface area contributed by atoms with E-state index in [0.29, 0.717) is 18.7 Å². The van der Waals surface area contributed by atoms with Crippen molar-refractivity contribution < 1.29 is 14.3 Å². The molecule has 1 atom stereocenters. The van der Waals surface area contributed by atoms with Crippen molar-refractivity contribution in [1.29, 1.82) is 0 Å². The van der Waals surface area contributed by atoms with Gasteiger partial charge in [-0.25, -0.2) is 4.98 Å². The van der Waals surface area contributed by atoms with Crippen LogP contribution in [0.25, 0.3) is 10.6 Å². The molecule has 1 saturated heterocycles. The molecule has 4 rings (SSSR count). The quantitative estimate of drug-likeness (QED) is 0.464. The van der Waals surface area contributed by atoms with Crippen LogP contribution in [0.3, 0.4) is 0 Å². The lowest BCUT2D eigenvalue weighted by atomic mass is 10.2. The van der Waals surface area contributed by atoms with Gasteiger partial charge in [0.25, 0.3) is 0 Å². The third-order valence-electron chi connectivity index (χ3n) is 5.02. The molecule has 0 radical (unpaired) electrons. The Hall–Kier alpha value is -2.43. The zero-order chi connectivity index (χ0) is 21.6. The Balaban J connectivity index is 1.46. The summed E-state index contributed by atoms with van der Waals surface area (Å²) in [5.41, 5.74) is 7.34. The third-order valence-corrected chi connectivity index (χ3v) is 6.96. The third kappa shape index (κ3) is 5.63. The normalized spacial score (nSPS) is 16.0. The number of carbonyl (C=O) groups excluding carboxylic acids is 1. The Morgan fingerprint density at radius 3 is 3.10 bits per heavy atom. The number of amides is 1. The second-order valence-electron chi connectivity index (χ2n) is 7.28. The lowest BCUT2D eigenvalue weighted by Gasteiger charge is -2.14. The van der Waals surface area contributed by atoms with Gasteiger partial charge in [0, 0.05) is 36.1 Å². The van der Waals surface area contributed by atoms with Gasteiger partial charge in [-0.15, -0.1) is 21.5 Å². The van der Waals surface area contributed by atoms with E-state index in [-0.39, 0.29) is 18.4 Å². The highest BCUT2D eigenvalue weighted by molar-refractivity contribution is 7.98. The monoisotopic (exact) mass is 459 g/mol. The number of aromatic nitrogens is 4. The van der Waals surface area contributed by atoms with Crippen molar-refractivity contribution in [3.63, 3.8) is 0 Å². The molecule has 164 valence electrons. The van der Waals surface area contributed by atoms with E-state index >= 15 is 0 Å². The van der Waals surface area contributed by atoms with Gasteiger partial charge in [-0.1, -0.05) is 23.9 Å². The molecule has 8 nitrogen and oxygen atoms in total. The minimum Gasteiger partial charge on any atom is -0.497 e. The molecule has 1 amide bonds. The molecule has 1 aliphatic rings. The van der Waals surface area contributed by atoms with Crippen LogP contribution in [0.15, 0.2) is 34.8 Å². The first-order valence-corrected chi connectivity index (χ1v) is 12.0. The standard InChI is InChI=1S/C21H25N5O3S2/c1-28-16-5-2-4-14(10-16)20-23-15(12-30-20)13-31-21-25-24-19(8-7-18(22)27)26(21)11-17-6-3-9-29-17/h2,4-5,10,12,17H,3,6-9,11,13H2,1H3,(H2,22,27).